The lowest BCUT2D eigenvalue weighted by atomic mass is 10.3. The molecule has 0 amide bonds. The molecule has 1 heterocycles. The summed E-state index contributed by atoms with van der Waals surface area (Å²) in [6.45, 7) is 3.25. The number of sulfonamides is 1. The largest absolute Gasteiger partial charge is 0.384 e. The highest BCUT2D eigenvalue weighted by atomic mass is 32.2. The lowest BCUT2D eigenvalue weighted by molar-refractivity contribution is 0.0626. The quantitative estimate of drug-likeness (QED) is 0.715. The molecule has 0 saturated heterocycles. The Morgan fingerprint density at radius 3 is 2.86 bits per heavy atom. The zero-order chi connectivity index (χ0) is 15.1. The Balaban J connectivity index is 1.88. The van der Waals surface area contributed by atoms with Crippen LogP contribution in [-0.4, -0.2) is 39.2 Å². The maximum atomic E-state index is 12.3. The normalized spacial score (nSPS) is 16.2. The van der Waals surface area contributed by atoms with Crippen LogP contribution in [0.3, 0.4) is 0 Å². The second kappa shape index (κ2) is 7.72. The van der Waals surface area contributed by atoms with Crippen molar-refractivity contribution in [3.8, 4) is 0 Å². The molecule has 0 aliphatic heterocycles. The lowest BCUT2D eigenvalue weighted by Gasteiger charge is -2.13. The molecule has 21 heavy (non-hydrogen) atoms. The fourth-order valence-electron chi connectivity index (χ4n) is 2.47. The molecule has 1 aliphatic carbocycles. The first-order valence-corrected chi connectivity index (χ1v) is 8.91. The monoisotopic (exact) mass is 313 g/mol. The molecule has 0 bridgehead atoms. The highest BCUT2D eigenvalue weighted by molar-refractivity contribution is 7.89. The van der Waals surface area contributed by atoms with Crippen molar-refractivity contribution < 1.29 is 13.2 Å². The maximum absolute atomic E-state index is 12.3. The molecule has 0 spiro atoms. The molecule has 0 aromatic carbocycles. The van der Waals surface area contributed by atoms with Crippen LogP contribution in [0.5, 0.6) is 0 Å². The minimum absolute atomic E-state index is 0.174. The maximum Gasteiger partial charge on any atom is 0.244 e. The number of anilines is 1. The van der Waals surface area contributed by atoms with E-state index in [-0.39, 0.29) is 11.4 Å². The SMILES string of the molecule is CCNc1ccncc1S(=O)(=O)NCCOC1CCCC1. The van der Waals surface area contributed by atoms with Crippen molar-refractivity contribution in [2.75, 3.05) is 25.0 Å². The molecular formula is C14H23N3O3S. The fourth-order valence-corrected chi connectivity index (χ4v) is 3.60. The molecule has 1 aliphatic rings. The molecule has 1 aromatic heterocycles. The Kier molecular flexibility index (Phi) is 5.96. The van der Waals surface area contributed by atoms with E-state index in [1.54, 1.807) is 12.3 Å². The van der Waals surface area contributed by atoms with E-state index < -0.39 is 10.0 Å². The van der Waals surface area contributed by atoms with Crippen molar-refractivity contribution in [3.05, 3.63) is 18.5 Å². The molecule has 6 nitrogen and oxygen atoms in total. The number of aromatic nitrogens is 1. The van der Waals surface area contributed by atoms with E-state index >= 15 is 0 Å². The third-order valence-electron chi connectivity index (χ3n) is 3.49. The van der Waals surface area contributed by atoms with Crippen LogP contribution in [0.1, 0.15) is 32.6 Å². The van der Waals surface area contributed by atoms with E-state index in [0.29, 0.717) is 24.9 Å². The third kappa shape index (κ3) is 4.66. The van der Waals surface area contributed by atoms with E-state index in [1.807, 2.05) is 6.92 Å². The van der Waals surface area contributed by atoms with Gasteiger partial charge in [-0.05, 0) is 25.8 Å². The fraction of sp³-hybridized carbons (Fsp3) is 0.643. The smallest absolute Gasteiger partial charge is 0.244 e. The Labute approximate surface area is 126 Å². The molecule has 2 rings (SSSR count). The van der Waals surface area contributed by atoms with E-state index in [2.05, 4.69) is 15.0 Å². The molecular weight excluding hydrogens is 290 g/mol. The van der Waals surface area contributed by atoms with Gasteiger partial charge < -0.3 is 10.1 Å². The van der Waals surface area contributed by atoms with Gasteiger partial charge in [-0.2, -0.15) is 0 Å². The molecule has 2 N–H and O–H groups in total. The predicted molar refractivity (Wildman–Crippen MR) is 81.8 cm³/mol. The van der Waals surface area contributed by atoms with E-state index in [0.717, 1.165) is 12.8 Å². The first-order valence-electron chi connectivity index (χ1n) is 7.42. The van der Waals surface area contributed by atoms with Gasteiger partial charge in [0.1, 0.15) is 4.90 Å². The van der Waals surface area contributed by atoms with Crippen molar-refractivity contribution in [2.45, 2.75) is 43.6 Å². The summed E-state index contributed by atoms with van der Waals surface area (Å²) in [5.41, 5.74) is 0.566. The Bertz CT molecular complexity index is 542. The van der Waals surface area contributed by atoms with Gasteiger partial charge in [-0.1, -0.05) is 12.8 Å². The van der Waals surface area contributed by atoms with Crippen LogP contribution < -0.4 is 10.0 Å². The summed E-state index contributed by atoms with van der Waals surface area (Å²) in [6, 6.07) is 1.66. The van der Waals surface area contributed by atoms with Crippen LogP contribution in [0.25, 0.3) is 0 Å². The van der Waals surface area contributed by atoms with Gasteiger partial charge in [-0.3, -0.25) is 4.98 Å². The summed E-state index contributed by atoms with van der Waals surface area (Å²) in [5, 5.41) is 3.03. The zero-order valence-electron chi connectivity index (χ0n) is 12.3. The number of pyridine rings is 1. The molecule has 0 unspecified atom stereocenters. The molecule has 1 aromatic rings. The number of hydrogen-bond acceptors (Lipinski definition) is 5. The van der Waals surface area contributed by atoms with Gasteiger partial charge >= 0.3 is 0 Å². The molecule has 7 heteroatoms. The highest BCUT2D eigenvalue weighted by Gasteiger charge is 2.19. The van der Waals surface area contributed by atoms with Gasteiger partial charge in [0, 0.05) is 25.5 Å². The van der Waals surface area contributed by atoms with Crippen molar-refractivity contribution in [3.63, 3.8) is 0 Å². The van der Waals surface area contributed by atoms with Crippen LogP contribution in [0.15, 0.2) is 23.4 Å². The van der Waals surface area contributed by atoms with Crippen molar-refractivity contribution >= 4 is 15.7 Å². The van der Waals surface area contributed by atoms with Crippen LogP contribution in [-0.2, 0) is 14.8 Å². The number of nitrogens with one attached hydrogen (secondary N) is 2. The first-order chi connectivity index (χ1) is 10.1. The zero-order valence-corrected chi connectivity index (χ0v) is 13.2. The number of hydrogen-bond donors (Lipinski definition) is 2. The average molecular weight is 313 g/mol. The minimum atomic E-state index is -3.56. The first kappa shape index (κ1) is 16.2. The standard InChI is InChI=1S/C14H23N3O3S/c1-2-16-13-7-8-15-11-14(13)21(18,19)17-9-10-20-12-5-3-4-6-12/h7-8,11-12,17H,2-6,9-10H2,1H3,(H,15,16). The van der Waals surface area contributed by atoms with E-state index in [9.17, 15) is 8.42 Å². The minimum Gasteiger partial charge on any atom is -0.384 e. The number of nitrogens with zero attached hydrogens (tertiary/aromatic N) is 1. The summed E-state index contributed by atoms with van der Waals surface area (Å²) in [5.74, 6) is 0. The Morgan fingerprint density at radius 2 is 2.14 bits per heavy atom. The van der Waals surface area contributed by atoms with Crippen LogP contribution in [0, 0.1) is 0 Å². The summed E-state index contributed by atoms with van der Waals surface area (Å²) < 4.78 is 32.8. The van der Waals surface area contributed by atoms with Crippen molar-refractivity contribution in [2.24, 2.45) is 0 Å². The van der Waals surface area contributed by atoms with Crippen molar-refractivity contribution in [1.82, 2.24) is 9.71 Å². The topological polar surface area (TPSA) is 80.3 Å². The summed E-state index contributed by atoms with van der Waals surface area (Å²) >= 11 is 0. The summed E-state index contributed by atoms with van der Waals surface area (Å²) in [7, 11) is -3.56. The van der Waals surface area contributed by atoms with Crippen LogP contribution in [0.4, 0.5) is 5.69 Å². The Hall–Kier alpha value is -1.18. The summed E-state index contributed by atoms with van der Waals surface area (Å²) in [6.07, 6.45) is 7.80. The van der Waals surface area contributed by atoms with Crippen LogP contribution >= 0.6 is 0 Å². The average Bonchev–Trinajstić information content (AvgIpc) is 2.98. The van der Waals surface area contributed by atoms with Gasteiger partial charge in [0.05, 0.1) is 18.4 Å². The van der Waals surface area contributed by atoms with Crippen LogP contribution in [0.2, 0.25) is 0 Å². The second-order valence-electron chi connectivity index (χ2n) is 5.08. The molecule has 118 valence electrons. The van der Waals surface area contributed by atoms with Gasteiger partial charge in [0.15, 0.2) is 0 Å². The second-order valence-corrected chi connectivity index (χ2v) is 6.81. The molecule has 0 atom stereocenters. The molecule has 1 saturated carbocycles. The number of ether oxygens (including phenoxy) is 1. The number of rotatable bonds is 8. The summed E-state index contributed by atoms with van der Waals surface area (Å²) in [4.78, 5) is 4.07. The van der Waals surface area contributed by atoms with E-state index in [4.69, 9.17) is 4.74 Å². The predicted octanol–water partition coefficient (Wildman–Crippen LogP) is 1.75. The highest BCUT2D eigenvalue weighted by Crippen LogP contribution is 2.21. The lowest BCUT2D eigenvalue weighted by Crippen LogP contribution is -2.29. The van der Waals surface area contributed by atoms with E-state index in [1.165, 1.54) is 19.0 Å². The Morgan fingerprint density at radius 1 is 1.38 bits per heavy atom. The van der Waals surface area contributed by atoms with Gasteiger partial charge in [0.25, 0.3) is 0 Å². The molecule has 0 radical (unpaired) electrons. The molecule has 1 fully saturated rings. The van der Waals surface area contributed by atoms with Gasteiger partial charge in [-0.25, -0.2) is 13.1 Å². The van der Waals surface area contributed by atoms with Gasteiger partial charge in [0.2, 0.25) is 10.0 Å². The van der Waals surface area contributed by atoms with Gasteiger partial charge in [-0.15, -0.1) is 0 Å². The third-order valence-corrected chi connectivity index (χ3v) is 4.98. The van der Waals surface area contributed by atoms with Crippen molar-refractivity contribution in [1.29, 1.82) is 0 Å².